The summed E-state index contributed by atoms with van der Waals surface area (Å²) in [6.45, 7) is 1.06. The van der Waals surface area contributed by atoms with E-state index in [1.165, 1.54) is 31.2 Å². The van der Waals surface area contributed by atoms with Crippen molar-refractivity contribution in [2.45, 2.75) is 18.6 Å². The molecule has 0 radical (unpaired) electrons. The van der Waals surface area contributed by atoms with Gasteiger partial charge in [0.05, 0.1) is 17.7 Å². The highest BCUT2D eigenvalue weighted by Crippen LogP contribution is 2.32. The van der Waals surface area contributed by atoms with Gasteiger partial charge in [0.2, 0.25) is 5.91 Å². The molecule has 0 saturated carbocycles. The molecule has 0 aromatic heterocycles. The minimum Gasteiger partial charge on any atom is -0.394 e. The van der Waals surface area contributed by atoms with E-state index in [9.17, 15) is 23.1 Å². The fraction of sp³-hybridized carbons (Fsp3) is 0.357. The SMILES string of the molecule is CC(CO)(NC(=O)/C=C/CN)c1cccc(C(F)(F)F)c1. The Kier molecular flexibility index (Phi) is 5.51. The third-order valence-corrected chi connectivity index (χ3v) is 2.95. The van der Waals surface area contributed by atoms with Crippen LogP contribution < -0.4 is 11.1 Å². The van der Waals surface area contributed by atoms with Crippen LogP contribution in [0, 0.1) is 0 Å². The standard InChI is InChI=1S/C14H17F3N2O2/c1-13(9-20,19-12(21)6-3-7-18)10-4-2-5-11(8-10)14(15,16)17/h2-6,8,20H,7,9,18H2,1H3,(H,19,21)/b6-3+. The zero-order valence-corrected chi connectivity index (χ0v) is 11.4. The molecule has 0 fully saturated rings. The van der Waals surface area contributed by atoms with Crippen LogP contribution in [-0.4, -0.2) is 24.2 Å². The number of nitrogens with one attached hydrogen (secondary N) is 1. The van der Waals surface area contributed by atoms with Gasteiger partial charge in [-0.1, -0.05) is 18.2 Å². The van der Waals surface area contributed by atoms with Crippen LogP contribution in [0.25, 0.3) is 0 Å². The highest BCUT2D eigenvalue weighted by atomic mass is 19.4. The van der Waals surface area contributed by atoms with Crippen LogP contribution in [0.3, 0.4) is 0 Å². The molecule has 0 aliphatic heterocycles. The molecule has 4 nitrogen and oxygen atoms in total. The van der Waals surface area contributed by atoms with Gasteiger partial charge in [-0.2, -0.15) is 13.2 Å². The van der Waals surface area contributed by atoms with Crippen molar-refractivity contribution in [3.8, 4) is 0 Å². The molecule has 0 spiro atoms. The first kappa shape index (κ1) is 17.2. The first-order valence-corrected chi connectivity index (χ1v) is 6.20. The minimum atomic E-state index is -4.49. The molecule has 0 heterocycles. The smallest absolute Gasteiger partial charge is 0.394 e. The fourth-order valence-electron chi connectivity index (χ4n) is 1.73. The summed E-state index contributed by atoms with van der Waals surface area (Å²) in [5.41, 5.74) is 3.21. The predicted octanol–water partition coefficient (Wildman–Crippen LogP) is 1.54. The van der Waals surface area contributed by atoms with Crippen LogP contribution in [0.4, 0.5) is 13.2 Å². The zero-order valence-electron chi connectivity index (χ0n) is 11.4. The summed E-state index contributed by atoms with van der Waals surface area (Å²) in [7, 11) is 0. The van der Waals surface area contributed by atoms with E-state index in [-0.39, 0.29) is 12.1 Å². The van der Waals surface area contributed by atoms with Gasteiger partial charge in [0.15, 0.2) is 0 Å². The molecule has 1 aromatic carbocycles. The third kappa shape index (κ3) is 4.57. The van der Waals surface area contributed by atoms with Crippen LogP contribution in [0.2, 0.25) is 0 Å². The number of amides is 1. The monoisotopic (exact) mass is 302 g/mol. The summed E-state index contributed by atoms with van der Waals surface area (Å²) in [6.07, 6.45) is -1.92. The lowest BCUT2D eigenvalue weighted by atomic mass is 9.91. The van der Waals surface area contributed by atoms with Crippen molar-refractivity contribution in [2.24, 2.45) is 5.73 Å². The lowest BCUT2D eigenvalue weighted by Crippen LogP contribution is -2.45. The number of halogens is 3. The largest absolute Gasteiger partial charge is 0.416 e. The molecule has 116 valence electrons. The molecule has 4 N–H and O–H groups in total. The summed E-state index contributed by atoms with van der Waals surface area (Å²) in [5, 5.41) is 11.9. The van der Waals surface area contributed by atoms with Gasteiger partial charge in [0.1, 0.15) is 0 Å². The van der Waals surface area contributed by atoms with Crippen molar-refractivity contribution in [1.82, 2.24) is 5.32 Å². The number of aliphatic hydroxyl groups excluding tert-OH is 1. The average Bonchev–Trinajstić information content (AvgIpc) is 2.44. The average molecular weight is 302 g/mol. The molecular formula is C14H17F3N2O2. The number of rotatable bonds is 5. The Balaban J connectivity index is 3.08. The Hall–Kier alpha value is -1.86. The van der Waals surface area contributed by atoms with Crippen LogP contribution in [0.5, 0.6) is 0 Å². The number of hydrogen-bond donors (Lipinski definition) is 3. The molecule has 1 unspecified atom stereocenters. The molecule has 0 aliphatic rings. The second kappa shape index (κ2) is 6.73. The summed E-state index contributed by atoms with van der Waals surface area (Å²) in [5.74, 6) is -0.547. The maximum Gasteiger partial charge on any atom is 0.416 e. The Bertz CT molecular complexity index is 529. The summed E-state index contributed by atoms with van der Waals surface area (Å²) in [4.78, 5) is 11.6. The lowest BCUT2D eigenvalue weighted by Gasteiger charge is -2.29. The van der Waals surface area contributed by atoms with E-state index in [4.69, 9.17) is 5.73 Å². The van der Waals surface area contributed by atoms with Crippen molar-refractivity contribution in [2.75, 3.05) is 13.2 Å². The molecule has 21 heavy (non-hydrogen) atoms. The van der Waals surface area contributed by atoms with Crippen molar-refractivity contribution in [1.29, 1.82) is 0 Å². The number of benzene rings is 1. The van der Waals surface area contributed by atoms with Gasteiger partial charge in [-0.25, -0.2) is 0 Å². The molecule has 1 aromatic rings. The number of alkyl halides is 3. The topological polar surface area (TPSA) is 75.3 Å². The second-order valence-corrected chi connectivity index (χ2v) is 4.70. The van der Waals surface area contributed by atoms with Crippen LogP contribution >= 0.6 is 0 Å². The Morgan fingerprint density at radius 1 is 1.38 bits per heavy atom. The maximum absolute atomic E-state index is 12.7. The first-order chi connectivity index (χ1) is 9.73. The molecule has 1 amide bonds. The number of carbonyl (C=O) groups excluding carboxylic acids is 1. The van der Waals surface area contributed by atoms with E-state index in [1.54, 1.807) is 0 Å². The molecule has 0 aliphatic carbocycles. The van der Waals surface area contributed by atoms with Crippen molar-refractivity contribution >= 4 is 5.91 Å². The second-order valence-electron chi connectivity index (χ2n) is 4.70. The van der Waals surface area contributed by atoms with Gasteiger partial charge in [0.25, 0.3) is 0 Å². The Morgan fingerprint density at radius 2 is 2.00 bits per heavy atom. The van der Waals surface area contributed by atoms with Gasteiger partial charge in [-0.3, -0.25) is 4.79 Å². The minimum absolute atomic E-state index is 0.160. The highest BCUT2D eigenvalue weighted by Gasteiger charge is 2.33. The van der Waals surface area contributed by atoms with Crippen LogP contribution in [-0.2, 0) is 16.5 Å². The maximum atomic E-state index is 12.7. The molecular weight excluding hydrogens is 285 g/mol. The molecule has 0 saturated heterocycles. The van der Waals surface area contributed by atoms with Crippen LogP contribution in [0.15, 0.2) is 36.4 Å². The van der Waals surface area contributed by atoms with E-state index in [0.717, 1.165) is 12.1 Å². The van der Waals surface area contributed by atoms with Crippen molar-refractivity contribution in [3.05, 3.63) is 47.5 Å². The number of hydrogen-bond acceptors (Lipinski definition) is 3. The fourth-order valence-corrected chi connectivity index (χ4v) is 1.73. The van der Waals surface area contributed by atoms with Gasteiger partial charge >= 0.3 is 6.18 Å². The number of aliphatic hydroxyl groups is 1. The zero-order chi connectivity index (χ0) is 16.1. The van der Waals surface area contributed by atoms with Gasteiger partial charge in [-0.05, 0) is 24.6 Å². The van der Waals surface area contributed by atoms with E-state index < -0.39 is 29.8 Å². The highest BCUT2D eigenvalue weighted by molar-refractivity contribution is 5.88. The van der Waals surface area contributed by atoms with Gasteiger partial charge in [-0.15, -0.1) is 0 Å². The first-order valence-electron chi connectivity index (χ1n) is 6.20. The normalized spacial score (nSPS) is 15.0. The summed E-state index contributed by atoms with van der Waals surface area (Å²) < 4.78 is 38.1. The van der Waals surface area contributed by atoms with E-state index in [0.29, 0.717) is 0 Å². The van der Waals surface area contributed by atoms with E-state index in [2.05, 4.69) is 5.32 Å². The summed E-state index contributed by atoms with van der Waals surface area (Å²) >= 11 is 0. The summed E-state index contributed by atoms with van der Waals surface area (Å²) in [6, 6.07) is 4.48. The van der Waals surface area contributed by atoms with E-state index >= 15 is 0 Å². The van der Waals surface area contributed by atoms with Crippen molar-refractivity contribution in [3.63, 3.8) is 0 Å². The molecule has 0 bridgehead atoms. The Labute approximate surface area is 120 Å². The number of nitrogens with two attached hydrogens (primary N) is 1. The third-order valence-electron chi connectivity index (χ3n) is 2.95. The Morgan fingerprint density at radius 3 is 2.52 bits per heavy atom. The van der Waals surface area contributed by atoms with Crippen molar-refractivity contribution < 1.29 is 23.1 Å². The lowest BCUT2D eigenvalue weighted by molar-refractivity contribution is -0.137. The van der Waals surface area contributed by atoms with Crippen LogP contribution in [0.1, 0.15) is 18.1 Å². The predicted molar refractivity (Wildman–Crippen MR) is 72.2 cm³/mol. The van der Waals surface area contributed by atoms with E-state index in [1.807, 2.05) is 0 Å². The molecule has 7 heteroatoms. The molecule has 1 atom stereocenters. The van der Waals surface area contributed by atoms with Gasteiger partial charge in [0, 0.05) is 12.6 Å². The molecule has 1 rings (SSSR count). The number of carbonyl (C=O) groups is 1. The quantitative estimate of drug-likeness (QED) is 0.722. The van der Waals surface area contributed by atoms with Gasteiger partial charge < -0.3 is 16.2 Å².